The van der Waals surface area contributed by atoms with Crippen LogP contribution in [0.1, 0.15) is 10.4 Å². The van der Waals surface area contributed by atoms with Crippen LogP contribution in [0.3, 0.4) is 0 Å². The fourth-order valence-corrected chi connectivity index (χ4v) is 3.27. The Morgan fingerprint density at radius 2 is 1.66 bits per heavy atom. The lowest BCUT2D eigenvalue weighted by Crippen LogP contribution is -2.36. The van der Waals surface area contributed by atoms with Crippen LogP contribution in [0.2, 0.25) is 0 Å². The van der Waals surface area contributed by atoms with Crippen LogP contribution in [-0.4, -0.2) is 49.4 Å². The maximum absolute atomic E-state index is 13.0. The van der Waals surface area contributed by atoms with Gasteiger partial charge in [-0.05, 0) is 58.4 Å². The molecule has 3 rings (SSSR count). The highest BCUT2D eigenvalue weighted by Gasteiger charge is 2.19. The van der Waals surface area contributed by atoms with Gasteiger partial charge in [0.1, 0.15) is 19.0 Å². The Bertz CT molecular complexity index is 1150. The number of carbonyl (C=O) groups excluding carboxylic acids is 3. The van der Waals surface area contributed by atoms with E-state index in [9.17, 15) is 18.8 Å². The second kappa shape index (κ2) is 13.0. The molecule has 0 saturated carbocycles. The summed E-state index contributed by atoms with van der Waals surface area (Å²) in [6.45, 7) is -0.0491. The molecule has 3 amide bonds. The number of ether oxygens (including phenoxy) is 2. The van der Waals surface area contributed by atoms with Gasteiger partial charge in [-0.2, -0.15) is 0 Å². The van der Waals surface area contributed by atoms with Crippen LogP contribution in [0.15, 0.2) is 77.5 Å². The van der Waals surface area contributed by atoms with Crippen LogP contribution < -0.4 is 15.5 Å². The predicted molar refractivity (Wildman–Crippen MR) is 131 cm³/mol. The summed E-state index contributed by atoms with van der Waals surface area (Å²) in [5, 5.41) is 4.89. The van der Waals surface area contributed by atoms with E-state index in [1.54, 1.807) is 36.5 Å². The molecule has 0 fully saturated rings. The van der Waals surface area contributed by atoms with Gasteiger partial charge in [0.2, 0.25) is 0 Å². The van der Waals surface area contributed by atoms with Crippen molar-refractivity contribution >= 4 is 45.4 Å². The maximum atomic E-state index is 13.0. The van der Waals surface area contributed by atoms with E-state index < -0.39 is 18.0 Å². The average Bonchev–Trinajstić information content (AvgIpc) is 2.86. The number of nitrogens with zero attached hydrogens (tertiary/aromatic N) is 2. The molecule has 0 aliphatic rings. The molecule has 9 nitrogen and oxygen atoms in total. The van der Waals surface area contributed by atoms with Crippen molar-refractivity contribution in [3.05, 3.63) is 88.9 Å². The highest BCUT2D eigenvalue weighted by atomic mass is 79.9. The number of aromatic nitrogens is 1. The summed E-state index contributed by atoms with van der Waals surface area (Å²) in [5.74, 6) is -0.720. The topological polar surface area (TPSA) is 110 Å². The molecule has 0 bridgehead atoms. The number of hydrogen-bond donors (Lipinski definition) is 2. The Kier molecular flexibility index (Phi) is 9.55. The normalized spacial score (nSPS) is 10.2. The molecule has 0 unspecified atom stereocenters. The van der Waals surface area contributed by atoms with Crippen molar-refractivity contribution in [1.29, 1.82) is 0 Å². The van der Waals surface area contributed by atoms with Gasteiger partial charge >= 0.3 is 12.2 Å². The minimum absolute atomic E-state index is 0.0146. The average molecular weight is 545 g/mol. The molecule has 11 heteroatoms. The fraction of sp³-hybridized carbons (Fsp3) is 0.167. The summed E-state index contributed by atoms with van der Waals surface area (Å²) in [6, 6.07) is 15.8. The number of nitrogens with one attached hydrogen (secondary N) is 2. The Hall–Kier alpha value is -3.99. The van der Waals surface area contributed by atoms with E-state index in [1.807, 2.05) is 6.07 Å². The zero-order valence-electron chi connectivity index (χ0n) is 18.4. The van der Waals surface area contributed by atoms with Gasteiger partial charge in [0.25, 0.3) is 5.91 Å². The third-order valence-corrected chi connectivity index (χ3v) is 4.94. The lowest BCUT2D eigenvalue weighted by atomic mass is 10.2. The number of benzene rings is 2. The first-order valence-electron chi connectivity index (χ1n) is 10.5. The molecule has 0 atom stereocenters. The molecular weight excluding hydrogens is 523 g/mol. The number of rotatable bonds is 9. The molecule has 1 heterocycles. The SMILES string of the molecule is O=C(NCCOC(=O)Nc1ccc(F)cc1)OCCN(C(=O)c1cncc(Br)c1)c1ccccc1. The Morgan fingerprint density at radius 3 is 2.37 bits per heavy atom. The second-order valence-electron chi connectivity index (χ2n) is 7.01. The van der Waals surface area contributed by atoms with Crippen molar-refractivity contribution in [3.8, 4) is 0 Å². The molecule has 0 spiro atoms. The summed E-state index contributed by atoms with van der Waals surface area (Å²) in [6.07, 6.45) is 1.57. The van der Waals surface area contributed by atoms with Crippen LogP contribution >= 0.6 is 15.9 Å². The maximum Gasteiger partial charge on any atom is 0.411 e. The first-order chi connectivity index (χ1) is 16.9. The third-order valence-electron chi connectivity index (χ3n) is 4.51. The van der Waals surface area contributed by atoms with Crippen LogP contribution in [0.4, 0.5) is 25.4 Å². The quantitative estimate of drug-likeness (QED) is 0.381. The van der Waals surface area contributed by atoms with E-state index in [2.05, 4.69) is 31.5 Å². The third kappa shape index (κ3) is 8.38. The Labute approximate surface area is 209 Å². The van der Waals surface area contributed by atoms with Crippen LogP contribution in [0, 0.1) is 5.82 Å². The smallest absolute Gasteiger partial charge is 0.411 e. The van der Waals surface area contributed by atoms with E-state index in [1.165, 1.54) is 35.4 Å². The second-order valence-corrected chi connectivity index (χ2v) is 7.93. The molecule has 0 aliphatic heterocycles. The van der Waals surface area contributed by atoms with E-state index in [4.69, 9.17) is 9.47 Å². The lowest BCUT2D eigenvalue weighted by Gasteiger charge is -2.23. The van der Waals surface area contributed by atoms with Gasteiger partial charge in [-0.1, -0.05) is 18.2 Å². The minimum atomic E-state index is -0.745. The highest BCUT2D eigenvalue weighted by Crippen LogP contribution is 2.18. The summed E-state index contributed by atoms with van der Waals surface area (Å²) in [7, 11) is 0. The van der Waals surface area contributed by atoms with E-state index in [0.717, 1.165) is 0 Å². The number of hydrogen-bond acceptors (Lipinski definition) is 6. The monoisotopic (exact) mass is 544 g/mol. The van der Waals surface area contributed by atoms with Gasteiger partial charge in [0, 0.05) is 28.2 Å². The van der Waals surface area contributed by atoms with Crippen molar-refractivity contribution in [1.82, 2.24) is 10.3 Å². The number of alkyl carbamates (subject to hydrolysis) is 1. The molecule has 1 aromatic heterocycles. The summed E-state index contributed by atoms with van der Waals surface area (Å²) < 4.78 is 23.6. The standard InChI is InChI=1S/C24H22BrFN4O5/c25-18-14-17(15-27-16-18)22(31)30(21-4-2-1-3-5-21)11-13-35-23(32)28-10-12-34-24(33)29-20-8-6-19(26)7-9-20/h1-9,14-16H,10-13H2,(H,28,32)(H,29,33). The van der Waals surface area contributed by atoms with Crippen molar-refractivity contribution in [2.45, 2.75) is 0 Å². The molecule has 2 aromatic carbocycles. The number of para-hydroxylation sites is 1. The van der Waals surface area contributed by atoms with E-state index >= 15 is 0 Å². The van der Waals surface area contributed by atoms with Crippen molar-refractivity contribution < 1.29 is 28.2 Å². The Balaban J connectivity index is 1.42. The molecular formula is C24H22BrFN4O5. The fourth-order valence-electron chi connectivity index (χ4n) is 2.91. The highest BCUT2D eigenvalue weighted by molar-refractivity contribution is 9.10. The van der Waals surface area contributed by atoms with Crippen LogP contribution in [0.25, 0.3) is 0 Å². The lowest BCUT2D eigenvalue weighted by molar-refractivity contribution is 0.0972. The van der Waals surface area contributed by atoms with E-state index in [0.29, 0.717) is 21.4 Å². The molecule has 0 saturated heterocycles. The number of carbonyl (C=O) groups is 3. The summed E-state index contributed by atoms with van der Waals surface area (Å²) in [4.78, 5) is 42.2. The molecule has 0 aliphatic carbocycles. The first kappa shape index (κ1) is 25.6. The van der Waals surface area contributed by atoms with Crippen molar-refractivity contribution in [2.24, 2.45) is 0 Å². The summed E-state index contributed by atoms with van der Waals surface area (Å²) in [5.41, 5.74) is 1.39. The van der Waals surface area contributed by atoms with Gasteiger partial charge in [0.15, 0.2) is 0 Å². The predicted octanol–water partition coefficient (Wildman–Crippen LogP) is 4.60. The summed E-state index contributed by atoms with van der Waals surface area (Å²) >= 11 is 3.31. The number of halogens is 2. The van der Waals surface area contributed by atoms with Crippen molar-refractivity contribution in [2.75, 3.05) is 36.5 Å². The molecule has 0 radical (unpaired) electrons. The van der Waals surface area contributed by atoms with Crippen LogP contribution in [0.5, 0.6) is 0 Å². The van der Waals surface area contributed by atoms with Gasteiger partial charge in [0.05, 0.1) is 18.7 Å². The van der Waals surface area contributed by atoms with Gasteiger partial charge in [-0.3, -0.25) is 15.1 Å². The van der Waals surface area contributed by atoms with Gasteiger partial charge < -0.3 is 19.7 Å². The molecule has 3 aromatic rings. The first-order valence-corrected chi connectivity index (χ1v) is 11.3. The zero-order chi connectivity index (χ0) is 25.0. The van der Waals surface area contributed by atoms with Crippen molar-refractivity contribution in [3.63, 3.8) is 0 Å². The van der Waals surface area contributed by atoms with Gasteiger partial charge in [-0.25, -0.2) is 14.0 Å². The largest absolute Gasteiger partial charge is 0.448 e. The van der Waals surface area contributed by atoms with Gasteiger partial charge in [-0.15, -0.1) is 0 Å². The molecule has 35 heavy (non-hydrogen) atoms. The number of anilines is 2. The van der Waals surface area contributed by atoms with E-state index in [-0.39, 0.29) is 32.2 Å². The van der Waals surface area contributed by atoms with Crippen LogP contribution in [-0.2, 0) is 9.47 Å². The number of pyridine rings is 1. The Morgan fingerprint density at radius 1 is 0.943 bits per heavy atom. The molecule has 2 N–H and O–H groups in total. The number of amides is 3. The molecule has 182 valence electrons. The zero-order valence-corrected chi connectivity index (χ0v) is 20.0. The minimum Gasteiger partial charge on any atom is -0.448 e.